The lowest BCUT2D eigenvalue weighted by Gasteiger charge is -2.27. The van der Waals surface area contributed by atoms with Crippen LogP contribution in [0.5, 0.6) is 17.2 Å². The summed E-state index contributed by atoms with van der Waals surface area (Å²) in [6, 6.07) is 12.0. The van der Waals surface area contributed by atoms with Crippen molar-refractivity contribution in [2.24, 2.45) is 11.8 Å². The van der Waals surface area contributed by atoms with Crippen LogP contribution in [0.3, 0.4) is 0 Å². The van der Waals surface area contributed by atoms with Gasteiger partial charge in [-0.2, -0.15) is 8.78 Å². The first-order chi connectivity index (χ1) is 21.5. The van der Waals surface area contributed by atoms with E-state index in [-0.39, 0.29) is 46.9 Å². The minimum absolute atomic E-state index is 0.0362. The summed E-state index contributed by atoms with van der Waals surface area (Å²) in [5.41, 5.74) is 0.814. The molecule has 3 aromatic rings. The molecule has 240 valence electrons. The fourth-order valence-corrected chi connectivity index (χ4v) is 5.65. The number of benzene rings is 2. The van der Waals surface area contributed by atoms with Gasteiger partial charge in [0.25, 0.3) is 0 Å². The maximum atomic E-state index is 13.8. The number of alkyl halides is 2. The van der Waals surface area contributed by atoms with Crippen LogP contribution in [-0.2, 0) is 11.0 Å². The lowest BCUT2D eigenvalue weighted by Crippen LogP contribution is -2.38. The lowest BCUT2D eigenvalue weighted by atomic mass is 9.82. The predicted molar refractivity (Wildman–Crippen MR) is 162 cm³/mol. The summed E-state index contributed by atoms with van der Waals surface area (Å²) in [5, 5.41) is 15.3. The molecular weight excluding hydrogens is 585 g/mol. The number of rotatable bonds is 15. The summed E-state index contributed by atoms with van der Waals surface area (Å²) < 4.78 is 56.2. The number of hydrogen-bond acceptors (Lipinski definition) is 7. The SMILES string of the molecule is C[C@]1(CNCC2CC2)COc2c1cc([C@@](C)(O)CCC(=O)c1ccc(OC(F)F)c(OCC3CC3)c1)nc2-c1ccc(F)cc1. The summed E-state index contributed by atoms with van der Waals surface area (Å²) in [4.78, 5) is 18.1. The van der Waals surface area contributed by atoms with Crippen molar-refractivity contribution < 1.29 is 37.3 Å². The minimum atomic E-state index is -3.02. The molecule has 0 radical (unpaired) electrons. The molecule has 1 aromatic heterocycles. The van der Waals surface area contributed by atoms with Crippen LogP contribution in [0.2, 0.25) is 0 Å². The molecule has 3 aliphatic rings. The van der Waals surface area contributed by atoms with Crippen LogP contribution in [0.15, 0.2) is 48.5 Å². The van der Waals surface area contributed by atoms with Gasteiger partial charge in [-0.1, -0.05) is 6.92 Å². The number of ketones is 1. The number of aromatic nitrogens is 1. The van der Waals surface area contributed by atoms with E-state index in [2.05, 4.69) is 17.0 Å². The van der Waals surface area contributed by atoms with Crippen molar-refractivity contribution in [1.82, 2.24) is 10.3 Å². The summed E-state index contributed by atoms with van der Waals surface area (Å²) in [7, 11) is 0. The van der Waals surface area contributed by atoms with Crippen LogP contribution in [-0.4, -0.2) is 48.8 Å². The van der Waals surface area contributed by atoms with Crippen molar-refractivity contribution in [2.45, 2.75) is 70.0 Å². The molecule has 0 saturated heterocycles. The van der Waals surface area contributed by atoms with E-state index in [1.165, 1.54) is 43.2 Å². The van der Waals surface area contributed by atoms with E-state index in [1.54, 1.807) is 19.1 Å². The summed E-state index contributed by atoms with van der Waals surface area (Å²) in [5.74, 6) is 1.01. The van der Waals surface area contributed by atoms with Crippen molar-refractivity contribution in [3.8, 4) is 28.5 Å². The van der Waals surface area contributed by atoms with E-state index in [4.69, 9.17) is 14.5 Å². The Morgan fingerprint density at radius 3 is 2.53 bits per heavy atom. The van der Waals surface area contributed by atoms with Gasteiger partial charge in [0, 0.05) is 35.1 Å². The third kappa shape index (κ3) is 7.44. The lowest BCUT2D eigenvalue weighted by molar-refractivity contribution is -0.0515. The number of carbonyl (C=O) groups is 1. The zero-order valence-corrected chi connectivity index (χ0v) is 25.6. The topological polar surface area (TPSA) is 89.9 Å². The number of fused-ring (bicyclic) bond motifs is 1. The summed E-state index contributed by atoms with van der Waals surface area (Å²) in [6.45, 7) is 3.12. The van der Waals surface area contributed by atoms with Gasteiger partial charge >= 0.3 is 6.61 Å². The molecule has 0 spiro atoms. The molecule has 2 heterocycles. The van der Waals surface area contributed by atoms with Gasteiger partial charge in [0.1, 0.15) is 22.9 Å². The quantitative estimate of drug-likeness (QED) is 0.180. The number of pyridine rings is 1. The normalized spacial score (nSPS) is 20.4. The van der Waals surface area contributed by atoms with Gasteiger partial charge < -0.3 is 24.6 Å². The van der Waals surface area contributed by atoms with Crippen molar-refractivity contribution in [3.63, 3.8) is 0 Å². The fraction of sp³-hybridized carbons (Fsp3) is 0.486. The first kappa shape index (κ1) is 31.4. The zero-order chi connectivity index (χ0) is 31.8. The third-order valence-electron chi connectivity index (χ3n) is 8.96. The Bertz CT molecular complexity index is 1540. The molecule has 6 rings (SSSR count). The summed E-state index contributed by atoms with van der Waals surface area (Å²) >= 11 is 0. The van der Waals surface area contributed by atoms with E-state index >= 15 is 0 Å². The summed E-state index contributed by atoms with van der Waals surface area (Å²) in [6.07, 6.45) is 4.52. The van der Waals surface area contributed by atoms with Crippen LogP contribution in [0, 0.1) is 17.7 Å². The number of ether oxygens (including phenoxy) is 3. The monoisotopic (exact) mass is 624 g/mol. The smallest absolute Gasteiger partial charge is 0.387 e. The van der Waals surface area contributed by atoms with Gasteiger partial charge in [0.05, 0.1) is 18.9 Å². The van der Waals surface area contributed by atoms with Crippen LogP contribution in [0.1, 0.15) is 74.0 Å². The van der Waals surface area contributed by atoms with Gasteiger partial charge in [0.2, 0.25) is 0 Å². The van der Waals surface area contributed by atoms with Gasteiger partial charge in [-0.3, -0.25) is 4.79 Å². The van der Waals surface area contributed by atoms with Crippen LogP contribution in [0.25, 0.3) is 11.3 Å². The van der Waals surface area contributed by atoms with E-state index in [0.29, 0.717) is 54.3 Å². The maximum Gasteiger partial charge on any atom is 0.387 e. The Hall–Kier alpha value is -3.63. The highest BCUT2D eigenvalue weighted by atomic mass is 19.3. The third-order valence-corrected chi connectivity index (χ3v) is 8.96. The zero-order valence-electron chi connectivity index (χ0n) is 25.6. The molecule has 7 nitrogen and oxygen atoms in total. The number of aliphatic hydroxyl groups is 1. The Kier molecular flexibility index (Phi) is 8.81. The van der Waals surface area contributed by atoms with E-state index in [9.17, 15) is 23.1 Å². The standard InChI is InChI=1S/C35H39F3N2O5/c1-34(19-39-17-21-3-4-21)20-44-32-26(34)16-30(40-31(32)23-7-10-25(36)11-8-23)35(2,42)14-13-27(41)24-9-12-28(45-33(37)38)29(15-24)43-18-22-5-6-22/h7-12,15-16,21-22,33,39,42H,3-6,13-14,17-20H2,1-2H3/t34-,35-/m0/s1. The first-order valence-electron chi connectivity index (χ1n) is 15.6. The van der Waals surface area contributed by atoms with Gasteiger partial charge in [-0.15, -0.1) is 0 Å². The highest BCUT2D eigenvalue weighted by molar-refractivity contribution is 5.96. The van der Waals surface area contributed by atoms with Gasteiger partial charge in [-0.05, 0) is 106 Å². The highest BCUT2D eigenvalue weighted by Crippen LogP contribution is 2.46. The average molecular weight is 625 g/mol. The molecule has 0 bridgehead atoms. The maximum absolute atomic E-state index is 13.8. The number of hydrogen-bond donors (Lipinski definition) is 2. The minimum Gasteiger partial charge on any atom is -0.490 e. The van der Waals surface area contributed by atoms with Crippen LogP contribution < -0.4 is 19.5 Å². The molecule has 2 fully saturated rings. The van der Waals surface area contributed by atoms with Crippen molar-refractivity contribution in [1.29, 1.82) is 0 Å². The molecule has 2 aromatic carbocycles. The number of carbonyl (C=O) groups excluding carboxylic acids is 1. The number of nitrogens with zero attached hydrogens (tertiary/aromatic N) is 1. The van der Waals surface area contributed by atoms with E-state index in [0.717, 1.165) is 24.9 Å². The Morgan fingerprint density at radius 1 is 1.11 bits per heavy atom. The van der Waals surface area contributed by atoms with E-state index in [1.807, 2.05) is 6.07 Å². The van der Waals surface area contributed by atoms with Crippen molar-refractivity contribution in [2.75, 3.05) is 26.3 Å². The van der Waals surface area contributed by atoms with Gasteiger partial charge in [-0.25, -0.2) is 9.37 Å². The van der Waals surface area contributed by atoms with Crippen molar-refractivity contribution in [3.05, 3.63) is 71.2 Å². The fourth-order valence-electron chi connectivity index (χ4n) is 5.65. The van der Waals surface area contributed by atoms with Gasteiger partial charge in [0.15, 0.2) is 17.3 Å². The van der Waals surface area contributed by atoms with E-state index < -0.39 is 12.2 Å². The number of Topliss-reactive ketones (excluding diaryl/α,β-unsaturated/α-hetero) is 1. The number of nitrogens with one attached hydrogen (secondary N) is 1. The Balaban J connectivity index is 1.24. The first-order valence-corrected chi connectivity index (χ1v) is 15.6. The predicted octanol–water partition coefficient (Wildman–Crippen LogP) is 6.80. The molecule has 2 atom stereocenters. The van der Waals surface area contributed by atoms with Crippen molar-refractivity contribution >= 4 is 5.78 Å². The Labute approximate surface area is 261 Å². The molecular formula is C35H39F3N2O5. The molecule has 1 aliphatic heterocycles. The molecule has 10 heteroatoms. The average Bonchev–Trinajstić information content (AvgIpc) is 3.95. The second kappa shape index (κ2) is 12.6. The Morgan fingerprint density at radius 2 is 1.84 bits per heavy atom. The molecule has 0 amide bonds. The molecule has 2 N–H and O–H groups in total. The number of halogens is 3. The highest BCUT2D eigenvalue weighted by Gasteiger charge is 2.41. The van der Waals surface area contributed by atoms with Crippen LogP contribution >= 0.6 is 0 Å². The van der Waals surface area contributed by atoms with Crippen LogP contribution in [0.4, 0.5) is 13.2 Å². The molecule has 2 saturated carbocycles. The second-order valence-electron chi connectivity index (χ2n) is 13.2. The second-order valence-corrected chi connectivity index (χ2v) is 13.2. The molecule has 0 unspecified atom stereocenters. The molecule has 2 aliphatic carbocycles. The largest absolute Gasteiger partial charge is 0.490 e. The molecule has 45 heavy (non-hydrogen) atoms.